The van der Waals surface area contributed by atoms with Crippen LogP contribution in [0.1, 0.15) is 22.8 Å². The Balaban J connectivity index is 1.77. The van der Waals surface area contributed by atoms with Gasteiger partial charge >= 0.3 is 0 Å². The zero-order chi connectivity index (χ0) is 17.4. The highest BCUT2D eigenvalue weighted by Gasteiger charge is 2.07. The molecule has 0 aliphatic carbocycles. The van der Waals surface area contributed by atoms with E-state index in [1.165, 1.54) is 0 Å². The van der Waals surface area contributed by atoms with Gasteiger partial charge in [0.25, 0.3) is 11.8 Å². The van der Waals surface area contributed by atoms with Crippen LogP contribution in [0.25, 0.3) is 0 Å². The van der Waals surface area contributed by atoms with E-state index in [1.807, 2.05) is 37.3 Å². The Morgan fingerprint density at radius 1 is 1.04 bits per heavy atom. The van der Waals surface area contributed by atoms with Crippen LogP contribution >= 0.6 is 15.9 Å². The van der Waals surface area contributed by atoms with Crippen molar-refractivity contribution in [3.05, 3.63) is 70.2 Å². The highest BCUT2D eigenvalue weighted by atomic mass is 79.9. The summed E-state index contributed by atoms with van der Waals surface area (Å²) in [6.07, 6.45) is 0.659. The number of hydrogen-bond donors (Lipinski definition) is 2. The molecule has 0 spiro atoms. The lowest BCUT2D eigenvalue weighted by molar-refractivity contribution is -0.120. The molecule has 0 atom stereocenters. The quantitative estimate of drug-likeness (QED) is 0.590. The molecule has 0 saturated heterocycles. The molecule has 124 valence electrons. The Bertz CT molecular complexity index is 728. The van der Waals surface area contributed by atoms with Crippen LogP contribution in [-0.2, 0) is 11.2 Å². The molecule has 0 aliphatic rings. The van der Waals surface area contributed by atoms with Gasteiger partial charge in [-0.05, 0) is 36.8 Å². The standard InChI is InChI=1S/C18H18BrN3O2/c1-13(11-14-5-3-2-4-6-14)21-22-17(23)12-20-18(24)15-7-9-16(19)10-8-15/h2-10H,11-12H2,1H3,(H,20,24)(H,22,23)/b21-13+. The first kappa shape index (κ1) is 17.9. The number of halogens is 1. The number of carbonyl (C=O) groups excluding carboxylic acids is 2. The largest absolute Gasteiger partial charge is 0.343 e. The number of nitrogens with one attached hydrogen (secondary N) is 2. The van der Waals surface area contributed by atoms with E-state index in [4.69, 9.17) is 0 Å². The van der Waals surface area contributed by atoms with Gasteiger partial charge in [-0.1, -0.05) is 46.3 Å². The minimum atomic E-state index is -0.368. The van der Waals surface area contributed by atoms with Crippen molar-refractivity contribution in [1.29, 1.82) is 0 Å². The maximum Gasteiger partial charge on any atom is 0.259 e. The number of hydrazone groups is 1. The monoisotopic (exact) mass is 387 g/mol. The maximum absolute atomic E-state index is 11.9. The van der Waals surface area contributed by atoms with Gasteiger partial charge in [0.05, 0.1) is 6.54 Å². The Kier molecular flexibility index (Phi) is 6.69. The zero-order valence-electron chi connectivity index (χ0n) is 13.3. The van der Waals surface area contributed by atoms with Gasteiger partial charge in [-0.2, -0.15) is 5.10 Å². The molecule has 24 heavy (non-hydrogen) atoms. The lowest BCUT2D eigenvalue weighted by Gasteiger charge is -2.05. The van der Waals surface area contributed by atoms with Gasteiger partial charge in [0, 0.05) is 22.2 Å². The number of benzene rings is 2. The molecule has 2 amide bonds. The van der Waals surface area contributed by atoms with Crippen LogP contribution in [0.2, 0.25) is 0 Å². The molecule has 0 unspecified atom stereocenters. The molecule has 0 bridgehead atoms. The van der Waals surface area contributed by atoms with Crippen molar-refractivity contribution in [3.63, 3.8) is 0 Å². The minimum absolute atomic E-state index is 0.128. The van der Waals surface area contributed by atoms with E-state index in [-0.39, 0.29) is 18.4 Å². The van der Waals surface area contributed by atoms with Crippen molar-refractivity contribution < 1.29 is 9.59 Å². The van der Waals surface area contributed by atoms with Gasteiger partial charge < -0.3 is 5.32 Å². The Hall–Kier alpha value is -2.47. The molecule has 5 nitrogen and oxygen atoms in total. The van der Waals surface area contributed by atoms with Gasteiger partial charge in [-0.3, -0.25) is 9.59 Å². The lowest BCUT2D eigenvalue weighted by atomic mass is 10.1. The van der Waals surface area contributed by atoms with E-state index in [0.717, 1.165) is 15.7 Å². The normalized spacial score (nSPS) is 11.0. The summed E-state index contributed by atoms with van der Waals surface area (Å²) in [5, 5.41) is 6.60. The third-order valence-electron chi connectivity index (χ3n) is 3.19. The topological polar surface area (TPSA) is 70.6 Å². The van der Waals surface area contributed by atoms with Crippen molar-refractivity contribution in [3.8, 4) is 0 Å². The Morgan fingerprint density at radius 3 is 2.38 bits per heavy atom. The Labute approximate surface area is 149 Å². The molecule has 0 fully saturated rings. The van der Waals surface area contributed by atoms with E-state index in [1.54, 1.807) is 24.3 Å². The first-order chi connectivity index (χ1) is 11.5. The van der Waals surface area contributed by atoms with Gasteiger partial charge in [0.2, 0.25) is 0 Å². The highest BCUT2D eigenvalue weighted by Crippen LogP contribution is 2.10. The average Bonchev–Trinajstić information content (AvgIpc) is 2.59. The fraction of sp³-hybridized carbons (Fsp3) is 0.167. The number of nitrogens with zero attached hydrogens (tertiary/aromatic N) is 1. The maximum atomic E-state index is 11.9. The zero-order valence-corrected chi connectivity index (χ0v) is 14.8. The molecule has 2 N–H and O–H groups in total. The predicted molar refractivity (Wildman–Crippen MR) is 97.9 cm³/mol. The van der Waals surface area contributed by atoms with E-state index >= 15 is 0 Å². The molecule has 0 aliphatic heterocycles. The van der Waals surface area contributed by atoms with Gasteiger partial charge in [-0.25, -0.2) is 5.43 Å². The molecular weight excluding hydrogens is 370 g/mol. The molecule has 0 aromatic heterocycles. The summed E-state index contributed by atoms with van der Waals surface area (Å²) in [6, 6.07) is 16.8. The molecule has 2 aromatic carbocycles. The molecular formula is C18H18BrN3O2. The van der Waals surface area contributed by atoms with E-state index in [9.17, 15) is 9.59 Å². The van der Waals surface area contributed by atoms with E-state index in [0.29, 0.717) is 12.0 Å². The summed E-state index contributed by atoms with van der Waals surface area (Å²) in [4.78, 5) is 23.6. The Morgan fingerprint density at radius 2 is 1.71 bits per heavy atom. The van der Waals surface area contributed by atoms with Crippen molar-refractivity contribution in [2.75, 3.05) is 6.54 Å². The summed E-state index contributed by atoms with van der Waals surface area (Å²) in [5.41, 5.74) is 4.85. The molecule has 0 saturated carbocycles. The fourth-order valence-electron chi connectivity index (χ4n) is 1.99. The van der Waals surface area contributed by atoms with Crippen molar-refractivity contribution in [2.24, 2.45) is 5.10 Å². The van der Waals surface area contributed by atoms with Gasteiger partial charge in [0.1, 0.15) is 0 Å². The molecule has 0 radical (unpaired) electrons. The second kappa shape index (κ2) is 8.98. The molecule has 6 heteroatoms. The second-order valence-electron chi connectivity index (χ2n) is 5.23. The van der Waals surface area contributed by atoms with Crippen molar-refractivity contribution in [2.45, 2.75) is 13.3 Å². The molecule has 2 rings (SSSR count). The number of rotatable bonds is 6. The van der Waals surface area contributed by atoms with E-state index in [2.05, 4.69) is 31.8 Å². The number of hydrogen-bond acceptors (Lipinski definition) is 3. The van der Waals surface area contributed by atoms with Crippen LogP contribution in [0.15, 0.2) is 64.2 Å². The van der Waals surface area contributed by atoms with Crippen LogP contribution < -0.4 is 10.7 Å². The first-order valence-corrected chi connectivity index (χ1v) is 8.23. The van der Waals surface area contributed by atoms with E-state index < -0.39 is 0 Å². The second-order valence-corrected chi connectivity index (χ2v) is 6.15. The summed E-state index contributed by atoms with van der Waals surface area (Å²) in [6.45, 7) is 1.71. The van der Waals surface area contributed by atoms with Crippen LogP contribution in [-0.4, -0.2) is 24.1 Å². The summed E-state index contributed by atoms with van der Waals surface area (Å²) in [5.74, 6) is -0.671. The highest BCUT2D eigenvalue weighted by molar-refractivity contribution is 9.10. The smallest absolute Gasteiger partial charge is 0.259 e. The first-order valence-electron chi connectivity index (χ1n) is 7.44. The summed E-state index contributed by atoms with van der Waals surface area (Å²) < 4.78 is 0.889. The van der Waals surface area contributed by atoms with Crippen LogP contribution in [0, 0.1) is 0 Å². The fourth-order valence-corrected chi connectivity index (χ4v) is 2.26. The van der Waals surface area contributed by atoms with Crippen LogP contribution in [0.3, 0.4) is 0 Å². The molecule has 0 heterocycles. The number of carbonyl (C=O) groups is 2. The van der Waals surface area contributed by atoms with Gasteiger partial charge in [-0.15, -0.1) is 0 Å². The number of amides is 2. The van der Waals surface area contributed by atoms with Gasteiger partial charge in [0.15, 0.2) is 0 Å². The minimum Gasteiger partial charge on any atom is -0.343 e. The predicted octanol–water partition coefficient (Wildman–Crippen LogP) is 2.91. The third-order valence-corrected chi connectivity index (χ3v) is 3.72. The van der Waals surface area contributed by atoms with Crippen molar-refractivity contribution >= 4 is 33.5 Å². The summed E-state index contributed by atoms with van der Waals surface area (Å²) in [7, 11) is 0. The van der Waals surface area contributed by atoms with Crippen LogP contribution in [0.4, 0.5) is 0 Å². The molecule has 2 aromatic rings. The third kappa shape index (κ3) is 5.96. The van der Waals surface area contributed by atoms with Crippen LogP contribution in [0.5, 0.6) is 0 Å². The van der Waals surface area contributed by atoms with Crippen molar-refractivity contribution in [1.82, 2.24) is 10.7 Å². The summed E-state index contributed by atoms with van der Waals surface area (Å²) >= 11 is 3.30. The lowest BCUT2D eigenvalue weighted by Crippen LogP contribution is -2.35. The SMILES string of the molecule is C/C(Cc1ccccc1)=N\NC(=O)CNC(=O)c1ccc(Br)cc1. The average molecular weight is 388 g/mol.